The van der Waals surface area contributed by atoms with E-state index in [1.165, 1.54) is 13.2 Å². The number of aromatic nitrogens is 2. The number of carbonyl (C=O) groups excluding carboxylic acids is 1. The van der Waals surface area contributed by atoms with Gasteiger partial charge < -0.3 is 10.1 Å². The summed E-state index contributed by atoms with van der Waals surface area (Å²) in [5.41, 5.74) is 3.56. The lowest BCUT2D eigenvalue weighted by Crippen LogP contribution is -2.24. The number of nitrogens with one attached hydrogen (secondary N) is 2. The zero-order chi connectivity index (χ0) is 23.5. The van der Waals surface area contributed by atoms with E-state index in [-0.39, 0.29) is 22.2 Å². The molecular weight excluding hydrogens is 430 g/mol. The predicted octanol–water partition coefficient (Wildman–Crippen LogP) is 3.04. The lowest BCUT2D eigenvalue weighted by Gasteiger charge is -2.15. The molecule has 1 aliphatic heterocycles. The van der Waals surface area contributed by atoms with E-state index in [2.05, 4.69) is 26.8 Å². The molecule has 170 valence electrons. The minimum atomic E-state index is -4.11. The zero-order valence-electron chi connectivity index (χ0n) is 18.6. The molecule has 2 N–H and O–H groups in total. The third-order valence-corrected chi connectivity index (χ3v) is 6.46. The lowest BCUT2D eigenvalue weighted by molar-refractivity contribution is 0.0960. The summed E-state index contributed by atoms with van der Waals surface area (Å²) in [4.78, 5) is 16.0. The van der Waals surface area contributed by atoms with E-state index in [9.17, 15) is 13.2 Å². The van der Waals surface area contributed by atoms with Gasteiger partial charge in [0.1, 0.15) is 0 Å². The first kappa shape index (κ1) is 23.3. The standard InChI is InChI=1S/C22H27N5O4S/c1-14-8-6-9-15(2)20(14)26-32(29,30)19(22(23-4)31-5)12-16(3)24-21(28)18-13-17-10-7-11-27(17)25-18/h6,8-9,12-13,26H,4,7,10-11H2,1-3,5H3,(H,24,28)/b16-12+,22-19-. The van der Waals surface area contributed by atoms with Crippen molar-refractivity contribution >= 4 is 28.3 Å². The number of benzene rings is 1. The Morgan fingerprint density at radius 2 is 2.00 bits per heavy atom. The average Bonchev–Trinajstić information content (AvgIpc) is 3.33. The van der Waals surface area contributed by atoms with E-state index in [0.29, 0.717) is 5.69 Å². The second-order valence-electron chi connectivity index (χ2n) is 7.53. The van der Waals surface area contributed by atoms with Gasteiger partial charge in [0, 0.05) is 17.9 Å². The highest BCUT2D eigenvalue weighted by molar-refractivity contribution is 7.96. The molecule has 1 aliphatic rings. The number of amides is 1. The van der Waals surface area contributed by atoms with E-state index >= 15 is 0 Å². The van der Waals surface area contributed by atoms with Crippen molar-refractivity contribution in [2.24, 2.45) is 4.99 Å². The Balaban J connectivity index is 1.91. The van der Waals surface area contributed by atoms with Gasteiger partial charge in [0.15, 0.2) is 10.6 Å². The van der Waals surface area contributed by atoms with Crippen LogP contribution < -0.4 is 10.0 Å². The number of fused-ring (bicyclic) bond motifs is 1. The molecule has 0 radical (unpaired) electrons. The second kappa shape index (κ2) is 9.39. The van der Waals surface area contributed by atoms with Crippen molar-refractivity contribution in [3.63, 3.8) is 0 Å². The summed E-state index contributed by atoms with van der Waals surface area (Å²) < 4.78 is 36.0. The van der Waals surface area contributed by atoms with E-state index in [1.807, 2.05) is 10.7 Å². The minimum Gasteiger partial charge on any atom is -0.480 e. The van der Waals surface area contributed by atoms with Gasteiger partial charge in [-0.25, -0.2) is 13.4 Å². The molecule has 32 heavy (non-hydrogen) atoms. The van der Waals surface area contributed by atoms with Crippen molar-refractivity contribution in [1.82, 2.24) is 15.1 Å². The second-order valence-corrected chi connectivity index (χ2v) is 9.18. The summed E-state index contributed by atoms with van der Waals surface area (Å²) in [5.74, 6) is -0.621. The van der Waals surface area contributed by atoms with Crippen LogP contribution in [0.15, 0.2) is 51.8 Å². The smallest absolute Gasteiger partial charge is 0.275 e. The number of hydrogen-bond donors (Lipinski definition) is 2. The summed E-state index contributed by atoms with van der Waals surface area (Å²) in [6.07, 6.45) is 3.18. The molecule has 0 bridgehead atoms. The fourth-order valence-electron chi connectivity index (χ4n) is 3.51. The molecule has 0 saturated heterocycles. The number of anilines is 1. The van der Waals surface area contributed by atoms with E-state index in [0.717, 1.165) is 36.2 Å². The Labute approximate surface area is 187 Å². The maximum absolute atomic E-state index is 13.2. The summed E-state index contributed by atoms with van der Waals surface area (Å²) in [7, 11) is -2.81. The van der Waals surface area contributed by atoms with Crippen LogP contribution in [0.5, 0.6) is 0 Å². The van der Waals surface area contributed by atoms with Crippen molar-refractivity contribution in [2.45, 2.75) is 40.2 Å². The Bertz CT molecular complexity index is 1180. The van der Waals surface area contributed by atoms with Gasteiger partial charge in [-0.1, -0.05) is 18.2 Å². The van der Waals surface area contributed by atoms with Crippen molar-refractivity contribution < 1.29 is 17.9 Å². The summed E-state index contributed by atoms with van der Waals surface area (Å²) in [6, 6.07) is 7.20. The molecule has 0 saturated carbocycles. The van der Waals surface area contributed by atoms with Crippen molar-refractivity contribution in [1.29, 1.82) is 0 Å². The molecule has 0 unspecified atom stereocenters. The highest BCUT2D eigenvalue weighted by Crippen LogP contribution is 2.25. The minimum absolute atomic E-state index is 0.196. The SMILES string of the molecule is C=N/C(OC)=C(\C=C(/C)NC(=O)c1cc2n(n1)CCC2)S(=O)(=O)Nc1c(C)cccc1C. The van der Waals surface area contributed by atoms with Gasteiger partial charge >= 0.3 is 0 Å². The monoisotopic (exact) mass is 457 g/mol. The Hall–Kier alpha value is -3.40. The molecule has 1 aromatic carbocycles. The van der Waals surface area contributed by atoms with Crippen LogP contribution in [0.4, 0.5) is 5.69 Å². The van der Waals surface area contributed by atoms with Crippen molar-refractivity contribution in [3.8, 4) is 0 Å². The van der Waals surface area contributed by atoms with Gasteiger partial charge in [-0.2, -0.15) is 5.10 Å². The maximum Gasteiger partial charge on any atom is 0.275 e. The van der Waals surface area contributed by atoms with Crippen LogP contribution in [0.3, 0.4) is 0 Å². The van der Waals surface area contributed by atoms with Gasteiger partial charge in [-0.05, 0) is 63.6 Å². The number of ether oxygens (including phenoxy) is 1. The number of aliphatic imine (C=N–C) groups is 1. The van der Waals surface area contributed by atoms with Crippen LogP contribution in [0, 0.1) is 13.8 Å². The molecule has 0 aliphatic carbocycles. The number of sulfonamides is 1. The highest BCUT2D eigenvalue weighted by atomic mass is 32.2. The van der Waals surface area contributed by atoms with Crippen LogP contribution in [-0.2, 0) is 27.7 Å². The molecule has 1 aromatic heterocycles. The third-order valence-electron chi connectivity index (χ3n) is 5.11. The first-order valence-electron chi connectivity index (χ1n) is 10.1. The molecule has 10 heteroatoms. The van der Waals surface area contributed by atoms with Gasteiger partial charge in [-0.15, -0.1) is 0 Å². The van der Waals surface area contributed by atoms with Crippen LogP contribution in [0.2, 0.25) is 0 Å². The normalized spacial score (nSPS) is 14.4. The van der Waals surface area contributed by atoms with E-state index in [1.54, 1.807) is 39.0 Å². The van der Waals surface area contributed by atoms with Crippen LogP contribution in [0.25, 0.3) is 0 Å². The molecule has 2 heterocycles. The molecule has 9 nitrogen and oxygen atoms in total. The third kappa shape index (κ3) is 4.91. The van der Waals surface area contributed by atoms with Gasteiger partial charge in [-0.3, -0.25) is 14.2 Å². The number of aryl methyl sites for hydroxylation is 4. The number of rotatable bonds is 8. The van der Waals surface area contributed by atoms with Crippen LogP contribution >= 0.6 is 0 Å². The van der Waals surface area contributed by atoms with Crippen molar-refractivity contribution in [3.05, 3.63) is 69.3 Å². The van der Waals surface area contributed by atoms with E-state index in [4.69, 9.17) is 4.74 Å². The maximum atomic E-state index is 13.2. The molecule has 2 aromatic rings. The number of allylic oxidation sites excluding steroid dienone is 2. The first-order valence-corrected chi connectivity index (χ1v) is 11.5. The summed E-state index contributed by atoms with van der Waals surface area (Å²) >= 11 is 0. The van der Waals surface area contributed by atoms with Crippen LogP contribution in [0.1, 0.15) is 40.7 Å². The molecule has 0 fully saturated rings. The highest BCUT2D eigenvalue weighted by Gasteiger charge is 2.24. The summed E-state index contributed by atoms with van der Waals surface area (Å²) in [5, 5.41) is 6.98. The first-order chi connectivity index (χ1) is 15.2. The molecule has 3 rings (SSSR count). The quantitative estimate of drug-likeness (QED) is 0.359. The van der Waals surface area contributed by atoms with Crippen LogP contribution in [-0.4, -0.2) is 37.9 Å². The van der Waals surface area contributed by atoms with E-state index < -0.39 is 15.9 Å². The zero-order valence-corrected chi connectivity index (χ0v) is 19.4. The van der Waals surface area contributed by atoms with Gasteiger partial charge in [0.25, 0.3) is 15.9 Å². The average molecular weight is 458 g/mol. The number of carbonyl (C=O) groups is 1. The number of methoxy groups -OCH3 is 1. The number of hydrogen-bond acceptors (Lipinski definition) is 6. The molecule has 1 amide bonds. The lowest BCUT2D eigenvalue weighted by atomic mass is 10.1. The topological polar surface area (TPSA) is 115 Å². The van der Waals surface area contributed by atoms with Crippen molar-refractivity contribution in [2.75, 3.05) is 11.8 Å². The largest absolute Gasteiger partial charge is 0.480 e. The number of nitrogens with zero attached hydrogens (tertiary/aromatic N) is 3. The fourth-order valence-corrected chi connectivity index (χ4v) is 4.92. The molecule has 0 atom stereocenters. The Morgan fingerprint density at radius 1 is 1.31 bits per heavy atom. The summed E-state index contributed by atoms with van der Waals surface area (Å²) in [6.45, 7) is 9.37. The van der Waals surface area contributed by atoms with Gasteiger partial charge in [0.05, 0.1) is 12.8 Å². The molecule has 0 spiro atoms. The van der Waals surface area contributed by atoms with Gasteiger partial charge in [0.2, 0.25) is 5.88 Å². The number of para-hydroxylation sites is 1. The Morgan fingerprint density at radius 3 is 2.59 bits per heavy atom. The molecular formula is C22H27N5O4S. The fraction of sp³-hybridized carbons (Fsp3) is 0.318. The Kier molecular flexibility index (Phi) is 6.83. The predicted molar refractivity (Wildman–Crippen MR) is 124 cm³/mol.